The molecule has 0 radical (unpaired) electrons. The van der Waals surface area contributed by atoms with Crippen molar-refractivity contribution in [3.05, 3.63) is 47.1 Å². The first kappa shape index (κ1) is 21.8. The summed E-state index contributed by atoms with van der Waals surface area (Å²) in [6.07, 6.45) is 5.08. The third-order valence-electron chi connectivity index (χ3n) is 6.74. The minimum absolute atomic E-state index is 0.126. The lowest BCUT2D eigenvalue weighted by molar-refractivity contribution is -0.147. The van der Waals surface area contributed by atoms with Gasteiger partial charge in [0.1, 0.15) is 17.3 Å². The molecule has 0 aliphatic carbocycles. The quantitative estimate of drug-likeness (QED) is 0.686. The molecule has 1 aromatic heterocycles. The molecule has 1 atom stereocenters. The summed E-state index contributed by atoms with van der Waals surface area (Å²) in [7, 11) is 0. The molecule has 0 bridgehead atoms. The maximum Gasteiger partial charge on any atom is 0.227 e. The second kappa shape index (κ2) is 9.39. The molecule has 1 unspecified atom stereocenters. The minimum atomic E-state index is -0.254. The number of aromatic nitrogens is 1. The highest BCUT2D eigenvalue weighted by Crippen LogP contribution is 2.39. The van der Waals surface area contributed by atoms with Gasteiger partial charge in [0.15, 0.2) is 0 Å². The monoisotopic (exact) mass is 430 g/mol. The Bertz CT molecular complexity index is 868. The number of carbonyl (C=O) groups excluding carboxylic acids is 1. The van der Waals surface area contributed by atoms with Crippen LogP contribution in [0, 0.1) is 25.6 Å². The number of halogens is 1. The lowest BCUT2D eigenvalue weighted by atomic mass is 9.78. The zero-order valence-corrected chi connectivity index (χ0v) is 18.4. The first-order valence-electron chi connectivity index (χ1n) is 11.2. The van der Waals surface area contributed by atoms with E-state index in [0.717, 1.165) is 68.8 Å². The maximum absolute atomic E-state index is 13.0. The average molecular weight is 431 g/mol. The van der Waals surface area contributed by atoms with Crippen LogP contribution in [0.3, 0.4) is 0 Å². The van der Waals surface area contributed by atoms with Crippen LogP contribution >= 0.6 is 0 Å². The standard InChI is InChI=1S/C24H31FN2O4/c1-17-22(18(2)31-26-17)15-23(28)27-11-9-24(10-12-27)16-19(8-14-30-24)7-13-29-21-5-3-20(25)4-6-21/h3-6,19H,7-16H2,1-2H3. The second-order valence-corrected chi connectivity index (χ2v) is 8.84. The van der Waals surface area contributed by atoms with E-state index in [9.17, 15) is 9.18 Å². The Labute approximate surface area is 182 Å². The van der Waals surface area contributed by atoms with Crippen LogP contribution in [0.15, 0.2) is 28.8 Å². The van der Waals surface area contributed by atoms with E-state index in [4.69, 9.17) is 14.0 Å². The van der Waals surface area contributed by atoms with Gasteiger partial charge in [-0.3, -0.25) is 4.79 Å². The average Bonchev–Trinajstić information content (AvgIpc) is 3.08. The van der Waals surface area contributed by atoms with E-state index < -0.39 is 0 Å². The van der Waals surface area contributed by atoms with Crippen molar-refractivity contribution in [2.75, 3.05) is 26.3 Å². The number of rotatable bonds is 6. The van der Waals surface area contributed by atoms with Gasteiger partial charge in [0.2, 0.25) is 5.91 Å². The Morgan fingerprint density at radius 3 is 2.68 bits per heavy atom. The molecule has 2 aromatic rings. The van der Waals surface area contributed by atoms with Crippen LogP contribution in [0.1, 0.15) is 49.1 Å². The van der Waals surface area contributed by atoms with Crippen LogP contribution in [0.5, 0.6) is 5.75 Å². The van der Waals surface area contributed by atoms with Gasteiger partial charge in [-0.2, -0.15) is 0 Å². The molecular formula is C24H31FN2O4. The topological polar surface area (TPSA) is 64.8 Å². The molecule has 4 rings (SSSR count). The van der Waals surface area contributed by atoms with Crippen molar-refractivity contribution < 1.29 is 23.2 Å². The lowest BCUT2D eigenvalue weighted by Crippen LogP contribution is -2.51. The molecule has 31 heavy (non-hydrogen) atoms. The molecule has 7 heteroatoms. The molecule has 1 aromatic carbocycles. The predicted octanol–water partition coefficient (Wildman–Crippen LogP) is 4.23. The van der Waals surface area contributed by atoms with Crippen LogP contribution < -0.4 is 4.74 Å². The number of nitrogens with zero attached hydrogens (tertiary/aromatic N) is 2. The van der Waals surface area contributed by atoms with Crippen molar-refractivity contribution in [1.82, 2.24) is 10.1 Å². The predicted molar refractivity (Wildman–Crippen MR) is 113 cm³/mol. The third-order valence-corrected chi connectivity index (χ3v) is 6.74. The number of carbonyl (C=O) groups is 1. The number of piperidine rings is 1. The van der Waals surface area contributed by atoms with Crippen LogP contribution in [-0.2, 0) is 16.0 Å². The first-order chi connectivity index (χ1) is 14.9. The molecule has 0 saturated carbocycles. The van der Waals surface area contributed by atoms with Crippen LogP contribution in [0.2, 0.25) is 0 Å². The summed E-state index contributed by atoms with van der Waals surface area (Å²) in [5.74, 6) is 1.84. The summed E-state index contributed by atoms with van der Waals surface area (Å²) in [5, 5.41) is 3.95. The van der Waals surface area contributed by atoms with Crippen LogP contribution in [0.4, 0.5) is 4.39 Å². The SMILES string of the molecule is Cc1noc(C)c1CC(=O)N1CCC2(CC1)CC(CCOc1ccc(F)cc1)CCO2. The van der Waals surface area contributed by atoms with Crippen LogP contribution in [-0.4, -0.2) is 47.9 Å². The fraction of sp³-hybridized carbons (Fsp3) is 0.583. The number of likely N-dealkylation sites (tertiary alicyclic amines) is 1. The molecule has 1 amide bonds. The van der Waals surface area contributed by atoms with Gasteiger partial charge in [-0.15, -0.1) is 0 Å². The fourth-order valence-electron chi connectivity index (χ4n) is 4.78. The summed E-state index contributed by atoms with van der Waals surface area (Å²) >= 11 is 0. The second-order valence-electron chi connectivity index (χ2n) is 8.84. The molecule has 2 aliphatic rings. The van der Waals surface area contributed by atoms with E-state index in [1.807, 2.05) is 18.7 Å². The van der Waals surface area contributed by atoms with E-state index in [-0.39, 0.29) is 17.3 Å². The fourth-order valence-corrected chi connectivity index (χ4v) is 4.78. The summed E-state index contributed by atoms with van der Waals surface area (Å²) in [6, 6.07) is 6.16. The number of aryl methyl sites for hydroxylation is 2. The van der Waals surface area contributed by atoms with Gasteiger partial charge in [-0.25, -0.2) is 4.39 Å². The summed E-state index contributed by atoms with van der Waals surface area (Å²) in [6.45, 7) is 6.55. The molecule has 6 nitrogen and oxygen atoms in total. The van der Waals surface area contributed by atoms with Crippen molar-refractivity contribution in [3.8, 4) is 5.75 Å². The van der Waals surface area contributed by atoms with Crippen molar-refractivity contribution in [2.45, 2.75) is 58.0 Å². The van der Waals surface area contributed by atoms with Gasteiger partial charge >= 0.3 is 0 Å². The van der Waals surface area contributed by atoms with Crippen molar-refractivity contribution in [1.29, 1.82) is 0 Å². The van der Waals surface area contributed by atoms with E-state index in [0.29, 0.717) is 24.7 Å². The smallest absolute Gasteiger partial charge is 0.227 e. The van der Waals surface area contributed by atoms with Gasteiger partial charge in [-0.1, -0.05) is 5.16 Å². The Hall–Kier alpha value is -2.41. The molecule has 0 N–H and O–H groups in total. The van der Waals surface area contributed by atoms with Gasteiger partial charge < -0.3 is 18.9 Å². The molecule has 2 saturated heterocycles. The molecular weight excluding hydrogens is 399 g/mol. The van der Waals surface area contributed by atoms with E-state index in [1.54, 1.807) is 12.1 Å². The Balaban J connectivity index is 1.24. The Morgan fingerprint density at radius 2 is 2.00 bits per heavy atom. The van der Waals surface area contributed by atoms with Crippen molar-refractivity contribution >= 4 is 5.91 Å². The molecule has 2 aliphatic heterocycles. The Morgan fingerprint density at radius 1 is 1.26 bits per heavy atom. The van der Waals surface area contributed by atoms with Crippen LogP contribution in [0.25, 0.3) is 0 Å². The number of ether oxygens (including phenoxy) is 2. The van der Waals surface area contributed by atoms with E-state index >= 15 is 0 Å². The van der Waals surface area contributed by atoms with Gasteiger partial charge in [0, 0.05) is 25.3 Å². The number of hydrogen-bond acceptors (Lipinski definition) is 5. The lowest BCUT2D eigenvalue weighted by Gasteiger charge is -2.46. The van der Waals surface area contributed by atoms with E-state index in [1.165, 1.54) is 12.1 Å². The minimum Gasteiger partial charge on any atom is -0.494 e. The highest BCUT2D eigenvalue weighted by Gasteiger charge is 2.41. The van der Waals surface area contributed by atoms with E-state index in [2.05, 4.69) is 5.16 Å². The summed E-state index contributed by atoms with van der Waals surface area (Å²) in [5.41, 5.74) is 1.57. The third kappa shape index (κ3) is 5.26. The summed E-state index contributed by atoms with van der Waals surface area (Å²) < 4.78 is 30.2. The highest BCUT2D eigenvalue weighted by molar-refractivity contribution is 5.79. The highest BCUT2D eigenvalue weighted by atomic mass is 19.1. The molecule has 2 fully saturated rings. The number of amides is 1. The van der Waals surface area contributed by atoms with Gasteiger partial charge in [0.25, 0.3) is 0 Å². The molecule has 1 spiro atoms. The zero-order chi connectivity index (χ0) is 21.8. The van der Waals surface area contributed by atoms with Gasteiger partial charge in [0.05, 0.1) is 24.3 Å². The van der Waals surface area contributed by atoms with Gasteiger partial charge in [-0.05, 0) is 76.1 Å². The van der Waals surface area contributed by atoms with Crippen molar-refractivity contribution in [2.24, 2.45) is 5.92 Å². The summed E-state index contributed by atoms with van der Waals surface area (Å²) in [4.78, 5) is 14.7. The number of hydrogen-bond donors (Lipinski definition) is 0. The molecule has 3 heterocycles. The first-order valence-corrected chi connectivity index (χ1v) is 11.2. The zero-order valence-electron chi connectivity index (χ0n) is 18.4. The largest absolute Gasteiger partial charge is 0.494 e. The maximum atomic E-state index is 13.0. The Kier molecular flexibility index (Phi) is 6.60. The number of benzene rings is 1. The molecule has 168 valence electrons. The van der Waals surface area contributed by atoms with Crippen molar-refractivity contribution in [3.63, 3.8) is 0 Å². The normalized spacial score (nSPS) is 20.7.